The molecule has 2 nitrogen and oxygen atoms in total. The van der Waals surface area contributed by atoms with E-state index in [1.807, 2.05) is 0 Å². The molecular formula is C56H44N2. The molecule has 0 amide bonds. The van der Waals surface area contributed by atoms with Crippen molar-refractivity contribution >= 4 is 55.7 Å². The van der Waals surface area contributed by atoms with Gasteiger partial charge in [0.05, 0.1) is 11.4 Å². The Kier molecular flexibility index (Phi) is 7.59. The highest BCUT2D eigenvalue weighted by Crippen LogP contribution is 2.58. The lowest BCUT2D eigenvalue weighted by atomic mass is 9.77. The fourth-order valence-electron chi connectivity index (χ4n) is 10.0. The van der Waals surface area contributed by atoms with Crippen LogP contribution in [0.25, 0.3) is 43.8 Å². The molecule has 0 heterocycles. The topological polar surface area (TPSA) is 6.48 Å². The van der Waals surface area contributed by atoms with Crippen molar-refractivity contribution in [2.75, 3.05) is 9.80 Å². The van der Waals surface area contributed by atoms with E-state index in [2.05, 4.69) is 232 Å². The summed E-state index contributed by atoms with van der Waals surface area (Å²) in [5, 5.41) is 4.93. The van der Waals surface area contributed by atoms with E-state index < -0.39 is 0 Å². The first-order valence-electron chi connectivity index (χ1n) is 20.4. The number of anilines is 6. The second kappa shape index (κ2) is 12.8. The molecule has 9 aromatic carbocycles. The van der Waals surface area contributed by atoms with Crippen molar-refractivity contribution in [3.8, 4) is 22.3 Å². The molecule has 0 radical (unpaired) electrons. The molecule has 2 aliphatic carbocycles. The van der Waals surface area contributed by atoms with Crippen LogP contribution in [0.15, 0.2) is 194 Å². The number of fused-ring (bicyclic) bond motifs is 8. The van der Waals surface area contributed by atoms with E-state index in [1.54, 1.807) is 0 Å². The molecule has 0 aliphatic heterocycles. The van der Waals surface area contributed by atoms with E-state index >= 15 is 0 Å². The molecule has 278 valence electrons. The van der Waals surface area contributed by atoms with Gasteiger partial charge in [-0.3, -0.25) is 0 Å². The Bertz CT molecular complexity index is 2940. The fourth-order valence-corrected chi connectivity index (χ4v) is 10.0. The van der Waals surface area contributed by atoms with Crippen molar-refractivity contribution in [2.24, 2.45) is 0 Å². The quantitative estimate of drug-likeness (QED) is 0.167. The van der Waals surface area contributed by atoms with Crippen molar-refractivity contribution in [3.63, 3.8) is 0 Å². The molecular weight excluding hydrogens is 701 g/mol. The van der Waals surface area contributed by atoms with Crippen LogP contribution in [0.4, 0.5) is 34.1 Å². The van der Waals surface area contributed by atoms with Gasteiger partial charge in [-0.25, -0.2) is 0 Å². The van der Waals surface area contributed by atoms with Crippen LogP contribution in [0.5, 0.6) is 0 Å². The lowest BCUT2D eigenvalue weighted by molar-refractivity contribution is 0.639. The molecule has 2 heteroatoms. The van der Waals surface area contributed by atoms with E-state index in [1.165, 1.54) is 88.8 Å². The summed E-state index contributed by atoms with van der Waals surface area (Å²) in [5.41, 5.74) is 17.5. The summed E-state index contributed by atoms with van der Waals surface area (Å²) in [7, 11) is 0. The second-order valence-corrected chi connectivity index (χ2v) is 17.0. The normalized spacial score (nSPS) is 14.1. The highest BCUT2D eigenvalue weighted by molar-refractivity contribution is 6.05. The first-order chi connectivity index (χ1) is 28.3. The van der Waals surface area contributed by atoms with Gasteiger partial charge >= 0.3 is 0 Å². The molecule has 11 rings (SSSR count). The van der Waals surface area contributed by atoms with Crippen molar-refractivity contribution in [1.82, 2.24) is 0 Å². The fraction of sp³-hybridized carbons (Fsp3) is 0.107. The minimum Gasteiger partial charge on any atom is -0.310 e. The number of nitrogens with zero attached hydrogens (tertiary/aromatic N) is 2. The van der Waals surface area contributed by atoms with Gasteiger partial charge in [-0.1, -0.05) is 155 Å². The van der Waals surface area contributed by atoms with Gasteiger partial charge in [0.1, 0.15) is 0 Å². The van der Waals surface area contributed by atoms with Crippen LogP contribution < -0.4 is 9.80 Å². The number of hydrogen-bond donors (Lipinski definition) is 0. The summed E-state index contributed by atoms with van der Waals surface area (Å²) in [4.78, 5) is 4.85. The first kappa shape index (κ1) is 34.4. The zero-order valence-electron chi connectivity index (χ0n) is 33.4. The van der Waals surface area contributed by atoms with Gasteiger partial charge in [0, 0.05) is 44.4 Å². The summed E-state index contributed by atoms with van der Waals surface area (Å²) in [6.07, 6.45) is 0. The molecule has 0 saturated heterocycles. The third-order valence-electron chi connectivity index (χ3n) is 13.0. The van der Waals surface area contributed by atoms with E-state index in [-0.39, 0.29) is 10.8 Å². The van der Waals surface area contributed by atoms with E-state index in [9.17, 15) is 0 Å². The molecule has 0 aromatic heterocycles. The monoisotopic (exact) mass is 744 g/mol. The maximum Gasteiger partial charge on any atom is 0.0540 e. The molecule has 2 aliphatic rings. The average Bonchev–Trinajstić information content (AvgIpc) is 3.62. The Morgan fingerprint density at radius 3 is 1.17 bits per heavy atom. The third-order valence-corrected chi connectivity index (χ3v) is 13.0. The lowest BCUT2D eigenvalue weighted by Gasteiger charge is -2.30. The summed E-state index contributed by atoms with van der Waals surface area (Å²) < 4.78 is 0. The number of rotatable bonds is 6. The zero-order valence-corrected chi connectivity index (χ0v) is 33.4. The highest BCUT2D eigenvalue weighted by atomic mass is 15.1. The van der Waals surface area contributed by atoms with Crippen molar-refractivity contribution in [1.29, 1.82) is 0 Å². The zero-order chi connectivity index (χ0) is 39.2. The van der Waals surface area contributed by atoms with Gasteiger partial charge < -0.3 is 9.80 Å². The molecule has 9 aromatic rings. The van der Waals surface area contributed by atoms with Crippen molar-refractivity contribution < 1.29 is 0 Å². The first-order valence-corrected chi connectivity index (χ1v) is 20.4. The highest BCUT2D eigenvalue weighted by Gasteiger charge is 2.42. The minimum absolute atomic E-state index is 0.176. The maximum atomic E-state index is 2.54. The Hall–Kier alpha value is -6.90. The van der Waals surface area contributed by atoms with Gasteiger partial charge in [0.25, 0.3) is 0 Å². The lowest BCUT2D eigenvalue weighted by Crippen LogP contribution is -2.19. The predicted molar refractivity (Wildman–Crippen MR) is 246 cm³/mol. The van der Waals surface area contributed by atoms with Crippen LogP contribution in [0.3, 0.4) is 0 Å². The predicted octanol–water partition coefficient (Wildman–Crippen LogP) is 15.5. The molecule has 0 atom stereocenters. The van der Waals surface area contributed by atoms with E-state index in [4.69, 9.17) is 0 Å². The molecule has 0 fully saturated rings. The van der Waals surface area contributed by atoms with Crippen LogP contribution in [-0.4, -0.2) is 0 Å². The maximum absolute atomic E-state index is 2.54. The summed E-state index contributed by atoms with van der Waals surface area (Å²) in [5.74, 6) is 0. The summed E-state index contributed by atoms with van der Waals surface area (Å²) >= 11 is 0. The Labute approximate surface area is 341 Å². The SMILES string of the molecule is CC1(C)c2cc(N(c3ccccc3)c3ccccc3)ccc2-c2cc3c(cc21)C(C)(C)c1cc(N(c2cccc4ccccc24)c2cccc4ccccc24)ccc1-3. The smallest absolute Gasteiger partial charge is 0.0540 e. The van der Waals surface area contributed by atoms with Gasteiger partial charge in [-0.05, 0) is 122 Å². The van der Waals surface area contributed by atoms with Crippen LogP contribution in [0.1, 0.15) is 49.9 Å². The van der Waals surface area contributed by atoms with Crippen LogP contribution in [-0.2, 0) is 10.8 Å². The standard InChI is InChI=1S/C56H44N2/c1-55(2)49-33-41(57(39-21-7-5-8-22-39)40-23-9-6-10-24-40)29-31-45(49)47-35-48-46-32-30-42(34-50(46)56(3,4)52(48)36-51(47)55)58(53-27-15-19-37-17-11-13-25-43(37)53)54-28-16-20-38-18-12-14-26-44(38)54/h5-36H,1-4H3. The minimum atomic E-state index is -0.202. The molecule has 58 heavy (non-hydrogen) atoms. The van der Waals surface area contributed by atoms with E-state index in [0.29, 0.717) is 0 Å². The molecule has 0 saturated carbocycles. The van der Waals surface area contributed by atoms with Gasteiger partial charge in [0.15, 0.2) is 0 Å². The number of benzene rings is 9. The summed E-state index contributed by atoms with van der Waals surface area (Å²) in [6, 6.07) is 71.6. The number of para-hydroxylation sites is 2. The van der Waals surface area contributed by atoms with Crippen molar-refractivity contribution in [2.45, 2.75) is 38.5 Å². The molecule has 0 bridgehead atoms. The van der Waals surface area contributed by atoms with Crippen LogP contribution >= 0.6 is 0 Å². The second-order valence-electron chi connectivity index (χ2n) is 17.0. The largest absolute Gasteiger partial charge is 0.310 e. The Morgan fingerprint density at radius 1 is 0.293 bits per heavy atom. The van der Waals surface area contributed by atoms with Crippen LogP contribution in [0, 0.1) is 0 Å². The van der Waals surface area contributed by atoms with Gasteiger partial charge in [0.2, 0.25) is 0 Å². The van der Waals surface area contributed by atoms with Gasteiger partial charge in [-0.2, -0.15) is 0 Å². The average molecular weight is 745 g/mol. The molecule has 0 N–H and O–H groups in total. The van der Waals surface area contributed by atoms with Crippen LogP contribution in [0.2, 0.25) is 0 Å². The number of hydrogen-bond acceptors (Lipinski definition) is 2. The van der Waals surface area contributed by atoms with E-state index in [0.717, 1.165) is 11.4 Å². The Balaban J connectivity index is 1.06. The third kappa shape index (κ3) is 5.11. The summed E-state index contributed by atoms with van der Waals surface area (Å²) in [6.45, 7) is 9.64. The Morgan fingerprint density at radius 2 is 0.690 bits per heavy atom. The molecule has 0 unspecified atom stereocenters. The molecule has 0 spiro atoms. The van der Waals surface area contributed by atoms with Gasteiger partial charge in [-0.15, -0.1) is 0 Å². The van der Waals surface area contributed by atoms with Crippen molar-refractivity contribution in [3.05, 3.63) is 216 Å².